The summed E-state index contributed by atoms with van der Waals surface area (Å²) < 4.78 is 0. The first-order valence-electron chi connectivity index (χ1n) is 4.41. The summed E-state index contributed by atoms with van der Waals surface area (Å²) in [4.78, 5) is 0. The van der Waals surface area contributed by atoms with Crippen molar-refractivity contribution in [1.82, 2.24) is 0 Å². The van der Waals surface area contributed by atoms with E-state index in [2.05, 4.69) is 0 Å². The van der Waals surface area contributed by atoms with E-state index in [1.165, 1.54) is 11.8 Å². The number of hydrogen-bond donors (Lipinski definition) is 0. The Labute approximate surface area is 56.6 Å². The molecule has 0 nitrogen and oxygen atoms in total. The van der Waals surface area contributed by atoms with Crippen LogP contribution in [0.4, 0.5) is 0 Å². The van der Waals surface area contributed by atoms with Crippen LogP contribution in [0, 0.1) is 17.3 Å². The van der Waals surface area contributed by atoms with Crippen LogP contribution in [0.25, 0.3) is 0 Å². The van der Waals surface area contributed by atoms with E-state index >= 15 is 0 Å². The van der Waals surface area contributed by atoms with Gasteiger partial charge in [-0.05, 0) is 42.9 Å². The van der Waals surface area contributed by atoms with Gasteiger partial charge in [-0.1, -0.05) is 12.8 Å². The van der Waals surface area contributed by atoms with Crippen LogP contribution in [0.3, 0.4) is 0 Å². The fourth-order valence-corrected chi connectivity index (χ4v) is 3.39. The maximum absolute atomic E-state index is 1.62. The summed E-state index contributed by atoms with van der Waals surface area (Å²) in [6.07, 6.45) is 9.51. The van der Waals surface area contributed by atoms with Gasteiger partial charge in [-0.25, -0.2) is 0 Å². The summed E-state index contributed by atoms with van der Waals surface area (Å²) in [5.74, 6) is 2.46. The zero-order valence-corrected chi connectivity index (χ0v) is 5.90. The highest BCUT2D eigenvalue weighted by Crippen LogP contribution is 2.72. The molecular formula is C9H14. The standard InChI is InChI=1S/C9H14/c1-2-4-9(3-1)6-7-5-8(7)9/h7-8H,1-6H2. The van der Waals surface area contributed by atoms with E-state index in [1.807, 2.05) is 0 Å². The Balaban J connectivity index is 1.87. The highest BCUT2D eigenvalue weighted by molar-refractivity contribution is 5.13. The first-order chi connectivity index (χ1) is 4.41. The lowest BCUT2D eigenvalue weighted by atomic mass is 9.68. The Bertz CT molecular complexity index is 137. The van der Waals surface area contributed by atoms with Gasteiger partial charge in [0, 0.05) is 0 Å². The molecule has 3 aliphatic carbocycles. The second-order valence-corrected chi connectivity index (χ2v) is 4.38. The van der Waals surface area contributed by atoms with Crippen molar-refractivity contribution < 1.29 is 0 Å². The van der Waals surface area contributed by atoms with Gasteiger partial charge >= 0.3 is 0 Å². The van der Waals surface area contributed by atoms with Crippen LogP contribution in [0.15, 0.2) is 0 Å². The lowest BCUT2D eigenvalue weighted by molar-refractivity contribution is 0.121. The average Bonchev–Trinajstić information content (AvgIpc) is 2.39. The predicted octanol–water partition coefficient (Wildman–Crippen LogP) is 2.59. The lowest BCUT2D eigenvalue weighted by Gasteiger charge is -2.37. The zero-order chi connectivity index (χ0) is 5.90. The highest BCUT2D eigenvalue weighted by atomic mass is 14.7. The van der Waals surface area contributed by atoms with Gasteiger partial charge in [0.1, 0.15) is 0 Å². The van der Waals surface area contributed by atoms with Crippen molar-refractivity contribution in [2.45, 2.75) is 38.5 Å². The molecule has 0 aromatic carbocycles. The summed E-state index contributed by atoms with van der Waals surface area (Å²) in [6, 6.07) is 0. The third-order valence-electron chi connectivity index (χ3n) is 3.98. The molecule has 0 amide bonds. The van der Waals surface area contributed by atoms with E-state index in [9.17, 15) is 0 Å². The predicted molar refractivity (Wildman–Crippen MR) is 37.1 cm³/mol. The third-order valence-corrected chi connectivity index (χ3v) is 3.98. The fourth-order valence-electron chi connectivity index (χ4n) is 3.39. The number of rotatable bonds is 0. The highest BCUT2D eigenvalue weighted by Gasteiger charge is 2.63. The van der Waals surface area contributed by atoms with Crippen LogP contribution in [0.2, 0.25) is 0 Å². The van der Waals surface area contributed by atoms with E-state index in [0.717, 1.165) is 5.41 Å². The van der Waals surface area contributed by atoms with Gasteiger partial charge in [-0.3, -0.25) is 0 Å². The van der Waals surface area contributed by atoms with Crippen molar-refractivity contribution in [1.29, 1.82) is 0 Å². The third kappa shape index (κ3) is 0.426. The van der Waals surface area contributed by atoms with Crippen molar-refractivity contribution in [2.24, 2.45) is 17.3 Å². The van der Waals surface area contributed by atoms with Crippen LogP contribution in [-0.4, -0.2) is 0 Å². The second kappa shape index (κ2) is 1.21. The first kappa shape index (κ1) is 4.76. The Morgan fingerprint density at radius 3 is 2.33 bits per heavy atom. The molecule has 9 heavy (non-hydrogen) atoms. The Hall–Kier alpha value is 0. The minimum atomic E-state index is 0.949. The quantitative estimate of drug-likeness (QED) is 0.463. The molecule has 0 aromatic heterocycles. The second-order valence-electron chi connectivity index (χ2n) is 4.38. The molecule has 50 valence electrons. The maximum Gasteiger partial charge on any atom is -0.0264 e. The summed E-state index contributed by atoms with van der Waals surface area (Å²) in [6.45, 7) is 0. The summed E-state index contributed by atoms with van der Waals surface area (Å²) >= 11 is 0. The van der Waals surface area contributed by atoms with E-state index < -0.39 is 0 Å². The van der Waals surface area contributed by atoms with Gasteiger partial charge in [0.05, 0.1) is 0 Å². The molecule has 0 N–H and O–H groups in total. The topological polar surface area (TPSA) is 0 Å². The van der Waals surface area contributed by atoms with E-state index in [1.54, 1.807) is 38.5 Å². The van der Waals surface area contributed by atoms with Crippen LogP contribution < -0.4 is 0 Å². The largest absolute Gasteiger partial charge is 0.0527 e. The minimum Gasteiger partial charge on any atom is -0.0527 e. The van der Waals surface area contributed by atoms with Crippen LogP contribution in [-0.2, 0) is 0 Å². The Kier molecular flexibility index (Phi) is 0.640. The monoisotopic (exact) mass is 122 g/mol. The number of hydrogen-bond acceptors (Lipinski definition) is 0. The van der Waals surface area contributed by atoms with E-state index in [0.29, 0.717) is 0 Å². The van der Waals surface area contributed by atoms with Gasteiger partial charge < -0.3 is 0 Å². The van der Waals surface area contributed by atoms with Crippen molar-refractivity contribution in [3.63, 3.8) is 0 Å². The van der Waals surface area contributed by atoms with Crippen LogP contribution in [0.1, 0.15) is 38.5 Å². The molecule has 2 unspecified atom stereocenters. The van der Waals surface area contributed by atoms with Crippen molar-refractivity contribution >= 4 is 0 Å². The molecule has 0 bridgehead atoms. The van der Waals surface area contributed by atoms with Crippen LogP contribution in [0.5, 0.6) is 0 Å². The SMILES string of the molecule is C1CCC2(C1)CC1CC12. The average molecular weight is 122 g/mol. The van der Waals surface area contributed by atoms with Gasteiger partial charge in [0.25, 0.3) is 0 Å². The maximum atomic E-state index is 1.62. The van der Waals surface area contributed by atoms with Gasteiger partial charge in [-0.2, -0.15) is 0 Å². The molecule has 2 atom stereocenters. The first-order valence-corrected chi connectivity index (χ1v) is 4.41. The van der Waals surface area contributed by atoms with E-state index in [-0.39, 0.29) is 0 Å². The zero-order valence-electron chi connectivity index (χ0n) is 5.90. The fraction of sp³-hybridized carbons (Fsp3) is 1.00. The van der Waals surface area contributed by atoms with Gasteiger partial charge in [-0.15, -0.1) is 0 Å². The normalized spacial score (nSPS) is 50.7. The Morgan fingerprint density at radius 1 is 1.11 bits per heavy atom. The van der Waals surface area contributed by atoms with E-state index in [4.69, 9.17) is 0 Å². The molecule has 3 aliphatic rings. The summed E-state index contributed by atoms with van der Waals surface area (Å²) in [7, 11) is 0. The Morgan fingerprint density at radius 2 is 1.89 bits per heavy atom. The van der Waals surface area contributed by atoms with Gasteiger partial charge in [0.2, 0.25) is 0 Å². The molecule has 0 saturated heterocycles. The molecule has 0 aromatic rings. The molecule has 0 heteroatoms. The minimum absolute atomic E-state index is 0.949. The smallest absolute Gasteiger partial charge is 0.0264 e. The lowest BCUT2D eigenvalue weighted by Crippen LogP contribution is -2.29. The van der Waals surface area contributed by atoms with Gasteiger partial charge in [0.15, 0.2) is 0 Å². The van der Waals surface area contributed by atoms with Crippen molar-refractivity contribution in [3.05, 3.63) is 0 Å². The summed E-state index contributed by atoms with van der Waals surface area (Å²) in [5, 5.41) is 0. The number of fused-ring (bicyclic) bond motifs is 2. The van der Waals surface area contributed by atoms with Crippen LogP contribution >= 0.6 is 0 Å². The van der Waals surface area contributed by atoms with Crippen molar-refractivity contribution in [3.8, 4) is 0 Å². The molecule has 1 spiro atoms. The molecule has 3 fully saturated rings. The molecular weight excluding hydrogens is 108 g/mol. The summed E-state index contributed by atoms with van der Waals surface area (Å²) in [5.41, 5.74) is 0.949. The molecule has 0 radical (unpaired) electrons. The molecule has 3 rings (SSSR count). The van der Waals surface area contributed by atoms with Crippen molar-refractivity contribution in [2.75, 3.05) is 0 Å². The molecule has 0 heterocycles. The molecule has 3 saturated carbocycles. The molecule has 0 aliphatic heterocycles.